The molecule has 3 aromatic carbocycles. The van der Waals surface area contributed by atoms with Gasteiger partial charge in [-0.1, -0.05) is 66.2 Å². The minimum atomic E-state index is 0.183. The van der Waals surface area contributed by atoms with Crippen molar-refractivity contribution in [3.05, 3.63) is 82.9 Å². The van der Waals surface area contributed by atoms with Gasteiger partial charge in [-0.2, -0.15) is 0 Å². The van der Waals surface area contributed by atoms with E-state index in [0.717, 1.165) is 11.1 Å². The molecule has 0 bridgehead atoms. The van der Waals surface area contributed by atoms with Gasteiger partial charge in [0.1, 0.15) is 0 Å². The van der Waals surface area contributed by atoms with Crippen LogP contribution in [-0.4, -0.2) is 12.3 Å². The molecule has 0 atom stereocenters. The third-order valence-corrected chi connectivity index (χ3v) is 3.99. The van der Waals surface area contributed by atoms with Gasteiger partial charge in [0.05, 0.1) is 6.54 Å². The number of fused-ring (bicyclic) bond motifs is 1. The summed E-state index contributed by atoms with van der Waals surface area (Å²) in [6, 6.07) is 22.0. The molecule has 0 aliphatic carbocycles. The first-order valence-electron chi connectivity index (χ1n) is 7.65. The number of rotatable bonds is 6. The minimum Gasteiger partial charge on any atom is -0.306 e. The van der Waals surface area contributed by atoms with Crippen molar-refractivity contribution >= 4 is 28.2 Å². The number of ketones is 1. The summed E-state index contributed by atoms with van der Waals surface area (Å²) in [6.07, 6.45) is 0.452. The number of carbonyl (C=O) groups excluding carboxylic acids is 1. The molecule has 23 heavy (non-hydrogen) atoms. The molecule has 0 aliphatic heterocycles. The van der Waals surface area contributed by atoms with Crippen molar-refractivity contribution in [2.75, 3.05) is 6.54 Å². The predicted molar refractivity (Wildman–Crippen MR) is 95.8 cm³/mol. The molecule has 0 aromatic heterocycles. The second-order valence-electron chi connectivity index (χ2n) is 5.63. The van der Waals surface area contributed by atoms with Crippen LogP contribution >= 0.6 is 11.6 Å². The molecule has 0 saturated heterocycles. The molecule has 0 spiro atoms. The van der Waals surface area contributed by atoms with Gasteiger partial charge in [0.25, 0.3) is 0 Å². The van der Waals surface area contributed by atoms with E-state index in [2.05, 4.69) is 29.6 Å². The van der Waals surface area contributed by atoms with Gasteiger partial charge in [-0.15, -0.1) is 0 Å². The Bertz CT molecular complexity index is 828. The van der Waals surface area contributed by atoms with Crippen molar-refractivity contribution in [2.24, 2.45) is 0 Å². The summed E-state index contributed by atoms with van der Waals surface area (Å²) in [7, 11) is 0. The highest BCUT2D eigenvalue weighted by Crippen LogP contribution is 2.16. The van der Waals surface area contributed by atoms with Crippen LogP contribution in [0.1, 0.15) is 11.1 Å². The van der Waals surface area contributed by atoms with Gasteiger partial charge in [0.15, 0.2) is 5.78 Å². The van der Waals surface area contributed by atoms with Crippen molar-refractivity contribution in [1.82, 2.24) is 5.32 Å². The summed E-state index contributed by atoms with van der Waals surface area (Å²) < 4.78 is 0. The van der Waals surface area contributed by atoms with E-state index in [4.69, 9.17) is 11.6 Å². The summed E-state index contributed by atoms with van der Waals surface area (Å²) in [5.74, 6) is 0.183. The molecule has 3 aromatic rings. The van der Waals surface area contributed by atoms with Crippen molar-refractivity contribution in [3.8, 4) is 0 Å². The number of nitrogens with one attached hydrogen (secondary N) is 1. The van der Waals surface area contributed by atoms with Gasteiger partial charge in [0, 0.05) is 18.0 Å². The zero-order valence-corrected chi connectivity index (χ0v) is 13.5. The Morgan fingerprint density at radius 2 is 1.70 bits per heavy atom. The van der Waals surface area contributed by atoms with Gasteiger partial charge in [-0.05, 0) is 34.0 Å². The Morgan fingerprint density at radius 3 is 2.52 bits per heavy atom. The topological polar surface area (TPSA) is 29.1 Å². The zero-order valence-electron chi connectivity index (χ0n) is 12.8. The molecule has 0 heterocycles. The van der Waals surface area contributed by atoms with Gasteiger partial charge in [-0.3, -0.25) is 4.79 Å². The highest BCUT2D eigenvalue weighted by Gasteiger charge is 2.05. The second kappa shape index (κ2) is 7.40. The molecule has 0 fully saturated rings. The Balaban J connectivity index is 1.54. The first-order valence-corrected chi connectivity index (χ1v) is 8.03. The van der Waals surface area contributed by atoms with E-state index in [-0.39, 0.29) is 5.78 Å². The Labute approximate surface area is 141 Å². The average molecular weight is 324 g/mol. The fourth-order valence-corrected chi connectivity index (χ4v) is 2.84. The fraction of sp³-hybridized carbons (Fsp3) is 0.150. The Hall–Kier alpha value is -2.16. The molecule has 0 amide bonds. The van der Waals surface area contributed by atoms with Crippen LogP contribution in [0.2, 0.25) is 5.02 Å². The van der Waals surface area contributed by atoms with E-state index in [1.165, 1.54) is 10.8 Å². The molecule has 1 N–H and O–H groups in total. The van der Waals surface area contributed by atoms with Crippen LogP contribution in [0.5, 0.6) is 0 Å². The zero-order chi connectivity index (χ0) is 16.1. The maximum absolute atomic E-state index is 12.1. The quantitative estimate of drug-likeness (QED) is 0.728. The average Bonchev–Trinajstić information content (AvgIpc) is 2.55. The number of Topliss-reactive ketones (excluding diaryl/α,β-unsaturated/α-hetero) is 1. The molecule has 3 rings (SSSR count). The minimum absolute atomic E-state index is 0.183. The largest absolute Gasteiger partial charge is 0.306 e. The van der Waals surface area contributed by atoms with E-state index >= 15 is 0 Å². The molecule has 3 heteroatoms. The maximum Gasteiger partial charge on any atom is 0.150 e. The van der Waals surface area contributed by atoms with Crippen LogP contribution < -0.4 is 5.32 Å². The van der Waals surface area contributed by atoms with Crippen LogP contribution in [0.25, 0.3) is 10.8 Å². The van der Waals surface area contributed by atoms with Gasteiger partial charge < -0.3 is 5.32 Å². The second-order valence-corrected chi connectivity index (χ2v) is 6.07. The van der Waals surface area contributed by atoms with E-state index < -0.39 is 0 Å². The highest BCUT2D eigenvalue weighted by molar-refractivity contribution is 6.30. The van der Waals surface area contributed by atoms with Gasteiger partial charge in [0.2, 0.25) is 0 Å². The molecule has 0 radical (unpaired) electrons. The number of carbonyl (C=O) groups is 1. The van der Waals surface area contributed by atoms with Crippen molar-refractivity contribution in [2.45, 2.75) is 13.0 Å². The smallest absolute Gasteiger partial charge is 0.150 e. The lowest BCUT2D eigenvalue weighted by Gasteiger charge is -2.06. The van der Waals surface area contributed by atoms with Gasteiger partial charge in [-0.25, -0.2) is 0 Å². The monoisotopic (exact) mass is 323 g/mol. The Kier molecular flexibility index (Phi) is 5.06. The summed E-state index contributed by atoms with van der Waals surface area (Å²) in [5.41, 5.74) is 2.13. The number of halogens is 1. The van der Waals surface area contributed by atoms with Crippen molar-refractivity contribution in [1.29, 1.82) is 0 Å². The lowest BCUT2D eigenvalue weighted by atomic mass is 10.0. The third kappa shape index (κ3) is 4.41. The van der Waals surface area contributed by atoms with Crippen LogP contribution in [0, 0.1) is 0 Å². The summed E-state index contributed by atoms with van der Waals surface area (Å²) >= 11 is 5.95. The van der Waals surface area contributed by atoms with Crippen LogP contribution in [0.15, 0.2) is 66.7 Å². The first-order chi connectivity index (χ1) is 11.2. The van der Waals surface area contributed by atoms with Gasteiger partial charge >= 0.3 is 0 Å². The lowest BCUT2D eigenvalue weighted by molar-refractivity contribution is -0.117. The third-order valence-electron chi connectivity index (χ3n) is 3.76. The molecular formula is C20H18ClNO. The van der Waals surface area contributed by atoms with E-state index in [9.17, 15) is 4.79 Å². The normalized spacial score (nSPS) is 10.8. The summed E-state index contributed by atoms with van der Waals surface area (Å²) in [5, 5.41) is 6.26. The maximum atomic E-state index is 12.1. The van der Waals surface area contributed by atoms with E-state index in [1.54, 1.807) is 0 Å². The van der Waals surface area contributed by atoms with Crippen molar-refractivity contribution in [3.63, 3.8) is 0 Å². The first kappa shape index (κ1) is 15.7. The van der Waals surface area contributed by atoms with Crippen LogP contribution in [0.3, 0.4) is 0 Å². The lowest BCUT2D eigenvalue weighted by Crippen LogP contribution is -2.23. The SMILES string of the molecule is O=C(CNCc1cccc(Cl)c1)Cc1ccc2ccccc2c1. The Morgan fingerprint density at radius 1 is 0.870 bits per heavy atom. The summed E-state index contributed by atoms with van der Waals surface area (Å²) in [4.78, 5) is 12.1. The van der Waals surface area contributed by atoms with E-state index in [1.807, 2.05) is 42.5 Å². The van der Waals surface area contributed by atoms with Crippen LogP contribution in [-0.2, 0) is 17.8 Å². The summed E-state index contributed by atoms with van der Waals surface area (Å²) in [6.45, 7) is 1.00. The number of hydrogen-bond acceptors (Lipinski definition) is 2. The van der Waals surface area contributed by atoms with E-state index in [0.29, 0.717) is 24.5 Å². The standard InChI is InChI=1S/C20H18ClNO/c21-19-7-3-4-16(11-19)13-22-14-20(23)12-15-8-9-17-5-1-2-6-18(17)10-15/h1-11,22H,12-14H2. The molecule has 0 saturated carbocycles. The molecular weight excluding hydrogens is 306 g/mol. The number of hydrogen-bond donors (Lipinski definition) is 1. The predicted octanol–water partition coefficient (Wildman–Crippen LogP) is 4.39. The highest BCUT2D eigenvalue weighted by atomic mass is 35.5. The van der Waals surface area contributed by atoms with Crippen LogP contribution in [0.4, 0.5) is 0 Å². The number of benzene rings is 3. The molecule has 116 valence electrons. The fourth-order valence-electron chi connectivity index (χ4n) is 2.63. The molecule has 2 nitrogen and oxygen atoms in total. The molecule has 0 aliphatic rings. The molecule has 0 unspecified atom stereocenters. The van der Waals surface area contributed by atoms with Crippen molar-refractivity contribution < 1.29 is 4.79 Å².